The number of nitrogens with zero attached hydrogens (tertiary/aromatic N) is 1. The molecule has 0 saturated heterocycles. The summed E-state index contributed by atoms with van der Waals surface area (Å²) in [6, 6.07) is 14.4. The quantitative estimate of drug-likeness (QED) is 0.385. The number of benzene rings is 2. The van der Waals surface area contributed by atoms with Crippen molar-refractivity contribution < 1.29 is 28.9 Å². The van der Waals surface area contributed by atoms with Gasteiger partial charge in [-0.05, 0) is 37.6 Å². The van der Waals surface area contributed by atoms with E-state index in [2.05, 4.69) is 10.3 Å². The maximum Gasteiger partial charge on any atom is 0.328 e. The standard InChI is InChI=1S/C25H24Cl2N2O6/c1-14(29-24(31)21-22(30)20(33-3)11-12-28-21)25(32)34-15(2)23(16-7-5-4-6-8-16)35-19-10-9-17(26)13-18(19)27/h4-15,23,30H,1-3H3,(H,29,31)/t14-,15-,23-/m0/s1. The molecule has 2 aromatic carbocycles. The number of hydrogen-bond acceptors (Lipinski definition) is 7. The Hall–Kier alpha value is -3.49. The van der Waals surface area contributed by atoms with Crippen molar-refractivity contribution in [1.29, 1.82) is 0 Å². The first kappa shape index (κ1) is 26.1. The molecular weight excluding hydrogens is 495 g/mol. The highest BCUT2D eigenvalue weighted by Crippen LogP contribution is 2.33. The molecule has 0 radical (unpaired) electrons. The number of esters is 1. The summed E-state index contributed by atoms with van der Waals surface area (Å²) in [5.74, 6) is -1.45. The summed E-state index contributed by atoms with van der Waals surface area (Å²) in [6.45, 7) is 3.13. The summed E-state index contributed by atoms with van der Waals surface area (Å²) < 4.78 is 16.7. The van der Waals surface area contributed by atoms with Crippen LogP contribution in [-0.4, -0.2) is 41.2 Å². The molecule has 3 rings (SSSR count). The van der Waals surface area contributed by atoms with E-state index >= 15 is 0 Å². The van der Waals surface area contributed by atoms with E-state index in [1.165, 1.54) is 26.3 Å². The second-order valence-electron chi connectivity index (χ2n) is 7.57. The lowest BCUT2D eigenvalue weighted by atomic mass is 10.0. The molecule has 0 bridgehead atoms. The number of carbonyl (C=O) groups is 2. The minimum Gasteiger partial charge on any atom is -0.503 e. The average Bonchev–Trinajstić information content (AvgIpc) is 2.84. The smallest absolute Gasteiger partial charge is 0.328 e. The number of nitrogens with one attached hydrogen (secondary N) is 1. The van der Waals surface area contributed by atoms with Crippen LogP contribution in [-0.2, 0) is 9.53 Å². The van der Waals surface area contributed by atoms with E-state index in [4.69, 9.17) is 37.4 Å². The van der Waals surface area contributed by atoms with Gasteiger partial charge in [0.2, 0.25) is 0 Å². The van der Waals surface area contributed by atoms with Crippen LogP contribution in [0.2, 0.25) is 10.0 Å². The Bertz CT molecular complexity index is 1190. The maximum atomic E-state index is 12.8. The number of amides is 1. The molecule has 1 amide bonds. The highest BCUT2D eigenvalue weighted by atomic mass is 35.5. The highest BCUT2D eigenvalue weighted by Gasteiger charge is 2.29. The lowest BCUT2D eigenvalue weighted by Gasteiger charge is -2.27. The summed E-state index contributed by atoms with van der Waals surface area (Å²) >= 11 is 12.3. The number of aromatic hydroxyl groups is 1. The van der Waals surface area contributed by atoms with Crippen molar-refractivity contribution in [2.24, 2.45) is 0 Å². The molecule has 3 aromatic rings. The molecular formula is C25H24Cl2N2O6. The fourth-order valence-electron chi connectivity index (χ4n) is 3.22. The van der Waals surface area contributed by atoms with Crippen molar-refractivity contribution in [2.45, 2.75) is 32.1 Å². The minimum atomic E-state index is -1.05. The Morgan fingerprint density at radius 1 is 1.03 bits per heavy atom. The van der Waals surface area contributed by atoms with Gasteiger partial charge < -0.3 is 24.6 Å². The topological polar surface area (TPSA) is 107 Å². The second-order valence-corrected chi connectivity index (χ2v) is 8.42. The van der Waals surface area contributed by atoms with Gasteiger partial charge in [0.25, 0.3) is 5.91 Å². The molecule has 0 fully saturated rings. The van der Waals surface area contributed by atoms with Crippen molar-refractivity contribution in [3.05, 3.63) is 82.1 Å². The zero-order valence-corrected chi connectivity index (χ0v) is 20.7. The number of methoxy groups -OCH3 is 1. The molecule has 10 heteroatoms. The Labute approximate surface area is 212 Å². The largest absolute Gasteiger partial charge is 0.503 e. The zero-order chi connectivity index (χ0) is 25.5. The first-order valence-electron chi connectivity index (χ1n) is 10.6. The molecule has 2 N–H and O–H groups in total. The van der Waals surface area contributed by atoms with Gasteiger partial charge in [-0.25, -0.2) is 9.78 Å². The molecule has 0 unspecified atom stereocenters. The Morgan fingerprint density at radius 3 is 2.40 bits per heavy atom. The van der Waals surface area contributed by atoms with Gasteiger partial charge in [-0.1, -0.05) is 53.5 Å². The third-order valence-electron chi connectivity index (χ3n) is 5.03. The van der Waals surface area contributed by atoms with E-state index in [0.717, 1.165) is 5.56 Å². The van der Waals surface area contributed by atoms with Crippen LogP contribution in [0.4, 0.5) is 0 Å². The normalized spacial score (nSPS) is 13.3. The van der Waals surface area contributed by atoms with Crippen LogP contribution in [0.15, 0.2) is 60.8 Å². The van der Waals surface area contributed by atoms with E-state index < -0.39 is 35.9 Å². The lowest BCUT2D eigenvalue weighted by molar-refractivity contribution is -0.154. The highest BCUT2D eigenvalue weighted by molar-refractivity contribution is 6.35. The van der Waals surface area contributed by atoms with Crippen molar-refractivity contribution in [3.63, 3.8) is 0 Å². The maximum absolute atomic E-state index is 12.8. The number of aromatic nitrogens is 1. The van der Waals surface area contributed by atoms with Gasteiger partial charge in [0, 0.05) is 17.3 Å². The third-order valence-corrected chi connectivity index (χ3v) is 5.56. The summed E-state index contributed by atoms with van der Waals surface area (Å²) in [5.41, 5.74) is 0.473. The van der Waals surface area contributed by atoms with E-state index in [9.17, 15) is 14.7 Å². The molecule has 0 aliphatic heterocycles. The monoisotopic (exact) mass is 518 g/mol. The molecule has 0 aliphatic carbocycles. The van der Waals surface area contributed by atoms with Crippen molar-refractivity contribution in [3.8, 4) is 17.2 Å². The molecule has 1 heterocycles. The van der Waals surface area contributed by atoms with Crippen LogP contribution in [0.25, 0.3) is 0 Å². The van der Waals surface area contributed by atoms with Crippen LogP contribution in [0.1, 0.15) is 36.0 Å². The second kappa shape index (κ2) is 11.8. The Morgan fingerprint density at radius 2 is 1.74 bits per heavy atom. The number of ether oxygens (including phenoxy) is 3. The van der Waals surface area contributed by atoms with Gasteiger partial charge in [0.15, 0.2) is 23.3 Å². The SMILES string of the molecule is COc1ccnc(C(=O)N[C@@H](C)C(=O)O[C@@H](C)[C@H](Oc2ccc(Cl)cc2Cl)c2ccccc2)c1O. The van der Waals surface area contributed by atoms with E-state index in [1.54, 1.807) is 25.1 Å². The van der Waals surface area contributed by atoms with Crippen LogP contribution in [0.3, 0.4) is 0 Å². The first-order valence-corrected chi connectivity index (χ1v) is 11.4. The van der Waals surface area contributed by atoms with E-state index in [1.807, 2.05) is 30.3 Å². The molecule has 0 aliphatic rings. The Kier molecular flexibility index (Phi) is 8.78. The number of hydrogen-bond donors (Lipinski definition) is 2. The average molecular weight is 519 g/mol. The molecule has 0 spiro atoms. The summed E-state index contributed by atoms with van der Waals surface area (Å²) in [6.07, 6.45) is -0.160. The van der Waals surface area contributed by atoms with Gasteiger partial charge in [-0.3, -0.25) is 4.79 Å². The van der Waals surface area contributed by atoms with Gasteiger partial charge in [0.05, 0.1) is 12.1 Å². The van der Waals surface area contributed by atoms with Crippen molar-refractivity contribution in [1.82, 2.24) is 10.3 Å². The van der Waals surface area contributed by atoms with Crippen LogP contribution in [0.5, 0.6) is 17.2 Å². The zero-order valence-electron chi connectivity index (χ0n) is 19.2. The number of rotatable bonds is 9. The van der Waals surface area contributed by atoms with Crippen LogP contribution in [0, 0.1) is 0 Å². The predicted molar refractivity (Wildman–Crippen MR) is 131 cm³/mol. The first-order chi connectivity index (χ1) is 16.7. The summed E-state index contributed by atoms with van der Waals surface area (Å²) in [5, 5.41) is 13.4. The summed E-state index contributed by atoms with van der Waals surface area (Å²) in [7, 11) is 1.35. The third kappa shape index (κ3) is 6.55. The molecule has 184 valence electrons. The van der Waals surface area contributed by atoms with Crippen molar-refractivity contribution in [2.75, 3.05) is 7.11 Å². The fraction of sp³-hybridized carbons (Fsp3) is 0.240. The molecule has 0 saturated carbocycles. The van der Waals surface area contributed by atoms with Crippen molar-refractivity contribution >= 4 is 35.1 Å². The molecule has 3 atom stereocenters. The van der Waals surface area contributed by atoms with E-state index in [-0.39, 0.29) is 11.4 Å². The number of halogens is 2. The fourth-order valence-corrected chi connectivity index (χ4v) is 3.68. The molecule has 1 aromatic heterocycles. The Balaban J connectivity index is 1.73. The molecule has 35 heavy (non-hydrogen) atoms. The number of pyridine rings is 1. The van der Waals surface area contributed by atoms with Gasteiger partial charge in [0.1, 0.15) is 17.9 Å². The van der Waals surface area contributed by atoms with Gasteiger partial charge >= 0.3 is 5.97 Å². The summed E-state index contributed by atoms with van der Waals surface area (Å²) in [4.78, 5) is 29.2. The van der Waals surface area contributed by atoms with Gasteiger partial charge in [-0.15, -0.1) is 0 Å². The number of carbonyl (C=O) groups excluding carboxylic acids is 2. The minimum absolute atomic E-state index is 0.0812. The predicted octanol–water partition coefficient (Wildman–Crippen LogP) is 4.97. The van der Waals surface area contributed by atoms with Gasteiger partial charge in [-0.2, -0.15) is 0 Å². The lowest BCUT2D eigenvalue weighted by Crippen LogP contribution is -2.42. The van der Waals surface area contributed by atoms with E-state index in [0.29, 0.717) is 15.8 Å². The van der Waals surface area contributed by atoms with Crippen LogP contribution < -0.4 is 14.8 Å². The van der Waals surface area contributed by atoms with Crippen LogP contribution >= 0.6 is 23.2 Å². The molecule has 8 nitrogen and oxygen atoms in total.